The highest BCUT2D eigenvalue weighted by Crippen LogP contribution is 2.25. The van der Waals surface area contributed by atoms with Gasteiger partial charge in [-0.1, -0.05) is 37.3 Å². The fraction of sp³-hybridized carbons (Fsp3) is 0.333. The van der Waals surface area contributed by atoms with Crippen molar-refractivity contribution >= 4 is 22.5 Å². The van der Waals surface area contributed by atoms with E-state index in [-0.39, 0.29) is 0 Å². The van der Waals surface area contributed by atoms with Crippen molar-refractivity contribution in [2.24, 2.45) is 5.92 Å². The van der Waals surface area contributed by atoms with Crippen LogP contribution in [0.3, 0.4) is 0 Å². The molecule has 0 aliphatic carbocycles. The van der Waals surface area contributed by atoms with Gasteiger partial charge in [0.2, 0.25) is 0 Å². The minimum Gasteiger partial charge on any atom is -0.396 e. The Kier molecular flexibility index (Phi) is 4.46. The molecule has 0 heterocycles. The van der Waals surface area contributed by atoms with E-state index in [4.69, 9.17) is 5.11 Å². The molecule has 2 rings (SSSR count). The Bertz CT molecular complexity index is 481. The molecule has 0 saturated carbocycles. The lowest BCUT2D eigenvalue weighted by Gasteiger charge is -2.09. The van der Waals surface area contributed by atoms with E-state index in [9.17, 15) is 0 Å². The molecule has 1 atom stereocenters. The maximum absolute atomic E-state index is 8.87. The summed E-state index contributed by atoms with van der Waals surface area (Å²) in [5.41, 5.74) is 0. The van der Waals surface area contributed by atoms with Crippen molar-refractivity contribution in [1.82, 2.24) is 0 Å². The molecule has 1 nitrogen and oxygen atoms in total. The Labute approximate surface area is 107 Å². The zero-order valence-corrected chi connectivity index (χ0v) is 10.9. The van der Waals surface area contributed by atoms with Crippen molar-refractivity contribution in [3.05, 3.63) is 42.5 Å². The van der Waals surface area contributed by atoms with Gasteiger partial charge in [0.15, 0.2) is 0 Å². The van der Waals surface area contributed by atoms with Gasteiger partial charge in [-0.3, -0.25) is 0 Å². The Balaban J connectivity index is 2.04. The zero-order valence-electron chi connectivity index (χ0n) is 10.1. The van der Waals surface area contributed by atoms with E-state index in [2.05, 4.69) is 49.4 Å². The summed E-state index contributed by atoms with van der Waals surface area (Å²) >= 11 is 1.87. The van der Waals surface area contributed by atoms with Crippen molar-refractivity contribution in [2.75, 3.05) is 12.4 Å². The van der Waals surface area contributed by atoms with E-state index < -0.39 is 0 Å². The van der Waals surface area contributed by atoms with E-state index in [0.29, 0.717) is 12.5 Å². The van der Waals surface area contributed by atoms with Crippen molar-refractivity contribution in [1.29, 1.82) is 0 Å². The fourth-order valence-corrected chi connectivity index (χ4v) is 2.82. The van der Waals surface area contributed by atoms with Gasteiger partial charge < -0.3 is 5.11 Å². The summed E-state index contributed by atoms with van der Waals surface area (Å²) in [4.78, 5) is 1.31. The summed E-state index contributed by atoms with van der Waals surface area (Å²) in [6.07, 6.45) is 0.889. The van der Waals surface area contributed by atoms with Gasteiger partial charge in [0.05, 0.1) is 0 Å². The average Bonchev–Trinajstić information content (AvgIpc) is 2.36. The van der Waals surface area contributed by atoms with Gasteiger partial charge in [0.1, 0.15) is 0 Å². The number of rotatable bonds is 5. The van der Waals surface area contributed by atoms with Crippen LogP contribution in [-0.2, 0) is 0 Å². The Morgan fingerprint density at radius 3 is 2.65 bits per heavy atom. The predicted octanol–water partition coefficient (Wildman–Crippen LogP) is 3.95. The van der Waals surface area contributed by atoms with E-state index in [1.54, 1.807) is 0 Å². The first-order valence-electron chi connectivity index (χ1n) is 6.02. The monoisotopic (exact) mass is 246 g/mol. The Morgan fingerprint density at radius 1 is 1.12 bits per heavy atom. The second-order valence-electron chi connectivity index (χ2n) is 4.44. The molecule has 0 saturated heterocycles. The highest BCUT2D eigenvalue weighted by Gasteiger charge is 2.03. The molecule has 0 radical (unpaired) electrons. The molecule has 2 aromatic rings. The number of hydrogen-bond acceptors (Lipinski definition) is 2. The standard InChI is InChI=1S/C15H18OS/c1-12(8-9-16)11-17-15-7-6-13-4-2-3-5-14(13)10-15/h2-7,10,12,16H,8-9,11H2,1H3. The molecule has 1 N–H and O–H groups in total. The predicted molar refractivity (Wildman–Crippen MR) is 75.5 cm³/mol. The van der Waals surface area contributed by atoms with Crippen LogP contribution in [0.25, 0.3) is 10.8 Å². The lowest BCUT2D eigenvalue weighted by atomic mass is 10.1. The molecule has 17 heavy (non-hydrogen) atoms. The molecule has 0 aliphatic heterocycles. The van der Waals surface area contributed by atoms with Crippen LogP contribution in [0.1, 0.15) is 13.3 Å². The van der Waals surface area contributed by atoms with Crippen LogP contribution < -0.4 is 0 Å². The molecular weight excluding hydrogens is 228 g/mol. The van der Waals surface area contributed by atoms with Gasteiger partial charge in [0.25, 0.3) is 0 Å². The topological polar surface area (TPSA) is 20.2 Å². The van der Waals surface area contributed by atoms with Crippen LogP contribution in [0.15, 0.2) is 47.4 Å². The minimum atomic E-state index is 0.291. The smallest absolute Gasteiger partial charge is 0.0433 e. The number of aliphatic hydroxyl groups excluding tert-OH is 1. The minimum absolute atomic E-state index is 0.291. The fourth-order valence-electron chi connectivity index (χ4n) is 1.80. The molecule has 2 heteroatoms. The lowest BCUT2D eigenvalue weighted by molar-refractivity contribution is 0.269. The normalized spacial score (nSPS) is 12.8. The van der Waals surface area contributed by atoms with Gasteiger partial charge in [0, 0.05) is 17.3 Å². The van der Waals surface area contributed by atoms with Crippen LogP contribution in [0.2, 0.25) is 0 Å². The SMILES string of the molecule is CC(CCO)CSc1ccc2ccccc2c1. The van der Waals surface area contributed by atoms with Gasteiger partial charge >= 0.3 is 0 Å². The summed E-state index contributed by atoms with van der Waals surface area (Å²) in [7, 11) is 0. The van der Waals surface area contributed by atoms with Crippen LogP contribution >= 0.6 is 11.8 Å². The van der Waals surface area contributed by atoms with Crippen LogP contribution in [0, 0.1) is 5.92 Å². The van der Waals surface area contributed by atoms with Crippen molar-refractivity contribution in [2.45, 2.75) is 18.2 Å². The summed E-state index contributed by atoms with van der Waals surface area (Å²) in [5, 5.41) is 11.5. The van der Waals surface area contributed by atoms with Crippen molar-refractivity contribution in [3.8, 4) is 0 Å². The number of benzene rings is 2. The van der Waals surface area contributed by atoms with Gasteiger partial charge in [-0.2, -0.15) is 0 Å². The molecule has 2 aromatic carbocycles. The molecule has 0 spiro atoms. The maximum Gasteiger partial charge on any atom is 0.0433 e. The van der Waals surface area contributed by atoms with E-state index >= 15 is 0 Å². The second kappa shape index (κ2) is 6.08. The van der Waals surface area contributed by atoms with Crippen LogP contribution in [-0.4, -0.2) is 17.5 Å². The summed E-state index contributed by atoms with van der Waals surface area (Å²) in [6, 6.07) is 15.0. The third-order valence-electron chi connectivity index (χ3n) is 2.88. The summed E-state index contributed by atoms with van der Waals surface area (Å²) < 4.78 is 0. The van der Waals surface area contributed by atoms with Crippen molar-refractivity contribution in [3.63, 3.8) is 0 Å². The number of aliphatic hydroxyl groups is 1. The maximum atomic E-state index is 8.87. The first-order valence-corrected chi connectivity index (χ1v) is 7.00. The first kappa shape index (κ1) is 12.5. The summed E-state index contributed by atoms with van der Waals surface area (Å²) in [6.45, 7) is 2.48. The molecule has 0 bridgehead atoms. The molecule has 90 valence electrons. The molecule has 0 aliphatic rings. The number of fused-ring (bicyclic) bond motifs is 1. The van der Waals surface area contributed by atoms with E-state index in [0.717, 1.165) is 12.2 Å². The van der Waals surface area contributed by atoms with Gasteiger partial charge in [-0.15, -0.1) is 11.8 Å². The largest absolute Gasteiger partial charge is 0.396 e. The summed E-state index contributed by atoms with van der Waals surface area (Å²) in [5.74, 6) is 1.63. The quantitative estimate of drug-likeness (QED) is 0.806. The highest BCUT2D eigenvalue weighted by atomic mass is 32.2. The lowest BCUT2D eigenvalue weighted by Crippen LogP contribution is -2.00. The Hall–Kier alpha value is -0.990. The van der Waals surface area contributed by atoms with Crippen molar-refractivity contribution < 1.29 is 5.11 Å². The molecule has 1 unspecified atom stereocenters. The average molecular weight is 246 g/mol. The molecule has 0 fully saturated rings. The van der Waals surface area contributed by atoms with Gasteiger partial charge in [-0.05, 0) is 35.2 Å². The number of hydrogen-bond donors (Lipinski definition) is 1. The highest BCUT2D eigenvalue weighted by molar-refractivity contribution is 7.99. The molecular formula is C15H18OS. The Morgan fingerprint density at radius 2 is 1.88 bits per heavy atom. The first-order chi connectivity index (χ1) is 8.29. The molecule has 0 amide bonds. The van der Waals surface area contributed by atoms with Gasteiger partial charge in [-0.25, -0.2) is 0 Å². The van der Waals surface area contributed by atoms with E-state index in [1.165, 1.54) is 15.7 Å². The van der Waals surface area contributed by atoms with E-state index in [1.807, 2.05) is 11.8 Å². The third-order valence-corrected chi connectivity index (χ3v) is 4.20. The number of thioether (sulfide) groups is 1. The molecule has 0 aromatic heterocycles. The third kappa shape index (κ3) is 3.48. The second-order valence-corrected chi connectivity index (χ2v) is 5.53. The van der Waals surface area contributed by atoms with Crippen LogP contribution in [0.5, 0.6) is 0 Å². The van der Waals surface area contributed by atoms with Crippen LogP contribution in [0.4, 0.5) is 0 Å². The zero-order chi connectivity index (χ0) is 12.1.